The molecule has 5 nitrogen and oxygen atoms in total. The number of aryl methyl sites for hydroxylation is 2. The summed E-state index contributed by atoms with van der Waals surface area (Å²) in [4.78, 5) is 28.9. The van der Waals surface area contributed by atoms with E-state index in [1.165, 1.54) is 4.90 Å². The maximum Gasteiger partial charge on any atom is 0.414 e. The molecule has 2 aromatic rings. The van der Waals surface area contributed by atoms with Crippen molar-refractivity contribution in [1.29, 1.82) is 0 Å². The molecule has 2 aromatic carbocycles. The zero-order valence-corrected chi connectivity index (χ0v) is 17.0. The average Bonchev–Trinajstić information content (AvgIpc) is 2.67. The number of fused-ring (bicyclic) bond motifs is 1. The van der Waals surface area contributed by atoms with Crippen LogP contribution in [-0.2, 0) is 4.74 Å². The van der Waals surface area contributed by atoms with Crippen molar-refractivity contribution in [2.75, 3.05) is 23.0 Å². The molecule has 1 atom stereocenters. The molecule has 0 radical (unpaired) electrons. The quantitative estimate of drug-likeness (QED) is 0.727. The predicted octanol–water partition coefficient (Wildman–Crippen LogP) is 4.98. The van der Waals surface area contributed by atoms with E-state index in [1.807, 2.05) is 32.9 Å². The molecule has 0 bridgehead atoms. The lowest BCUT2D eigenvalue weighted by Crippen LogP contribution is -2.53. The minimum Gasteiger partial charge on any atom is -0.449 e. The Bertz CT molecular complexity index is 961. The Kier molecular flexibility index (Phi) is 5.86. The number of amides is 2. The predicted molar refractivity (Wildman–Crippen MR) is 108 cm³/mol. The van der Waals surface area contributed by atoms with Gasteiger partial charge >= 0.3 is 6.09 Å². The number of carbonyl (C=O) groups is 2. The molecule has 0 saturated carbocycles. The number of benzene rings is 2. The fourth-order valence-corrected chi connectivity index (χ4v) is 3.54. The number of hydrogen-bond acceptors (Lipinski definition) is 3. The molecule has 3 rings (SSSR count). The smallest absolute Gasteiger partial charge is 0.414 e. The highest BCUT2D eigenvalue weighted by atomic mass is 19.1. The van der Waals surface area contributed by atoms with E-state index in [9.17, 15) is 18.4 Å². The lowest BCUT2D eigenvalue weighted by Gasteiger charge is -2.42. The number of rotatable bonds is 3. The van der Waals surface area contributed by atoms with E-state index >= 15 is 0 Å². The molecule has 1 heterocycles. The first-order valence-electron chi connectivity index (χ1n) is 9.62. The van der Waals surface area contributed by atoms with E-state index in [1.54, 1.807) is 11.8 Å². The van der Waals surface area contributed by atoms with Gasteiger partial charge in [-0.3, -0.25) is 9.69 Å². The Morgan fingerprint density at radius 1 is 1.07 bits per heavy atom. The molecule has 1 aliphatic heterocycles. The molecule has 2 amide bonds. The first kappa shape index (κ1) is 20.8. The number of ether oxygens (including phenoxy) is 1. The second kappa shape index (κ2) is 8.19. The van der Waals surface area contributed by atoms with Crippen LogP contribution in [0.15, 0.2) is 30.3 Å². The minimum absolute atomic E-state index is 0.181. The van der Waals surface area contributed by atoms with Crippen molar-refractivity contribution in [3.05, 3.63) is 58.7 Å². The van der Waals surface area contributed by atoms with Gasteiger partial charge in [0.15, 0.2) is 0 Å². The normalized spacial score (nSPS) is 15.9. The summed E-state index contributed by atoms with van der Waals surface area (Å²) in [5.74, 6) is -2.24. The number of carbonyl (C=O) groups excluding carboxylic acids is 2. The van der Waals surface area contributed by atoms with Crippen molar-refractivity contribution >= 4 is 23.4 Å². The summed E-state index contributed by atoms with van der Waals surface area (Å²) in [7, 11) is 0. The maximum atomic E-state index is 14.3. The standard InChI is InChI=1S/C22H24F2N2O3/c1-5-16-12-25(21(27)17-8-7-15(23)11-18(17)24)19-9-13(3)14(4)10-20(19)26(16)22(28)29-6-2/h7-11,16H,5-6,12H2,1-4H3. The number of anilines is 2. The van der Waals surface area contributed by atoms with E-state index in [2.05, 4.69) is 0 Å². The number of hydrogen-bond donors (Lipinski definition) is 0. The zero-order chi connectivity index (χ0) is 21.3. The lowest BCUT2D eigenvalue weighted by atomic mass is 9.99. The van der Waals surface area contributed by atoms with Crippen molar-refractivity contribution in [2.24, 2.45) is 0 Å². The third-order valence-electron chi connectivity index (χ3n) is 5.24. The molecule has 1 aliphatic rings. The van der Waals surface area contributed by atoms with Gasteiger partial charge in [0.05, 0.1) is 29.6 Å². The molecule has 0 spiro atoms. The van der Waals surface area contributed by atoms with E-state index in [-0.39, 0.29) is 24.8 Å². The number of nitrogens with zero attached hydrogens (tertiary/aromatic N) is 2. The third kappa shape index (κ3) is 3.81. The van der Waals surface area contributed by atoms with Crippen LogP contribution in [0.25, 0.3) is 0 Å². The van der Waals surface area contributed by atoms with Crippen LogP contribution in [0.5, 0.6) is 0 Å². The van der Waals surface area contributed by atoms with Crippen LogP contribution in [0.4, 0.5) is 25.0 Å². The fourth-order valence-electron chi connectivity index (χ4n) is 3.54. The molecular formula is C22H24F2N2O3. The second-order valence-corrected chi connectivity index (χ2v) is 7.10. The minimum atomic E-state index is -0.916. The summed E-state index contributed by atoms with van der Waals surface area (Å²) in [5.41, 5.74) is 2.71. The second-order valence-electron chi connectivity index (χ2n) is 7.10. The molecule has 154 valence electrons. The topological polar surface area (TPSA) is 49.9 Å². The molecule has 0 aliphatic carbocycles. The van der Waals surface area contributed by atoms with E-state index in [4.69, 9.17) is 4.74 Å². The molecule has 0 N–H and O–H groups in total. The summed E-state index contributed by atoms with van der Waals surface area (Å²) < 4.78 is 32.8. The highest BCUT2D eigenvalue weighted by molar-refractivity contribution is 6.10. The van der Waals surface area contributed by atoms with Gasteiger partial charge in [0.25, 0.3) is 5.91 Å². The zero-order valence-electron chi connectivity index (χ0n) is 17.0. The van der Waals surface area contributed by atoms with Crippen molar-refractivity contribution in [2.45, 2.75) is 40.2 Å². The Hall–Kier alpha value is -2.96. The Balaban J connectivity index is 2.14. The molecular weight excluding hydrogens is 378 g/mol. The Morgan fingerprint density at radius 3 is 2.31 bits per heavy atom. The monoisotopic (exact) mass is 402 g/mol. The SMILES string of the molecule is CCOC(=O)N1c2cc(C)c(C)cc2N(C(=O)c2ccc(F)cc2F)CC1CC. The number of halogens is 2. The van der Waals surface area contributed by atoms with Crippen LogP contribution in [0.3, 0.4) is 0 Å². The maximum absolute atomic E-state index is 14.3. The molecule has 0 aromatic heterocycles. The highest BCUT2D eigenvalue weighted by Gasteiger charge is 2.38. The van der Waals surface area contributed by atoms with Gasteiger partial charge in [-0.05, 0) is 62.6 Å². The van der Waals surface area contributed by atoms with Crippen molar-refractivity contribution in [1.82, 2.24) is 0 Å². The van der Waals surface area contributed by atoms with Gasteiger partial charge in [-0.1, -0.05) is 6.92 Å². The summed E-state index contributed by atoms with van der Waals surface area (Å²) in [6, 6.07) is 6.21. The Morgan fingerprint density at radius 2 is 1.72 bits per heavy atom. The van der Waals surface area contributed by atoms with Gasteiger partial charge in [0.1, 0.15) is 11.6 Å². The molecule has 0 fully saturated rings. The molecule has 0 saturated heterocycles. The summed E-state index contributed by atoms with van der Waals surface area (Å²) in [6.45, 7) is 7.87. The van der Waals surface area contributed by atoms with Crippen LogP contribution in [0.1, 0.15) is 41.8 Å². The van der Waals surface area contributed by atoms with E-state index in [0.29, 0.717) is 23.9 Å². The average molecular weight is 402 g/mol. The van der Waals surface area contributed by atoms with Crippen LogP contribution in [0, 0.1) is 25.5 Å². The van der Waals surface area contributed by atoms with Crippen LogP contribution in [0.2, 0.25) is 0 Å². The first-order chi connectivity index (χ1) is 13.8. The van der Waals surface area contributed by atoms with Gasteiger partial charge in [-0.25, -0.2) is 13.6 Å². The van der Waals surface area contributed by atoms with Gasteiger partial charge < -0.3 is 9.64 Å². The van der Waals surface area contributed by atoms with Gasteiger partial charge in [0.2, 0.25) is 0 Å². The molecule has 1 unspecified atom stereocenters. The summed E-state index contributed by atoms with van der Waals surface area (Å²) >= 11 is 0. The summed E-state index contributed by atoms with van der Waals surface area (Å²) in [5, 5.41) is 0. The fraction of sp³-hybridized carbons (Fsp3) is 0.364. The van der Waals surface area contributed by atoms with Crippen molar-refractivity contribution in [3.63, 3.8) is 0 Å². The lowest BCUT2D eigenvalue weighted by molar-refractivity contribution is 0.0977. The first-order valence-corrected chi connectivity index (χ1v) is 9.62. The highest BCUT2D eigenvalue weighted by Crippen LogP contribution is 2.39. The van der Waals surface area contributed by atoms with Crippen LogP contribution in [-0.4, -0.2) is 31.2 Å². The van der Waals surface area contributed by atoms with Gasteiger partial charge in [0, 0.05) is 12.6 Å². The van der Waals surface area contributed by atoms with Crippen molar-refractivity contribution in [3.8, 4) is 0 Å². The molecule has 7 heteroatoms. The van der Waals surface area contributed by atoms with Crippen LogP contribution >= 0.6 is 0 Å². The van der Waals surface area contributed by atoms with Gasteiger partial charge in [-0.15, -0.1) is 0 Å². The summed E-state index contributed by atoms with van der Waals surface area (Å²) in [6.07, 6.45) is 0.0878. The Labute approximate surface area is 168 Å². The largest absolute Gasteiger partial charge is 0.449 e. The van der Waals surface area contributed by atoms with E-state index in [0.717, 1.165) is 23.3 Å². The van der Waals surface area contributed by atoms with E-state index < -0.39 is 23.6 Å². The molecule has 29 heavy (non-hydrogen) atoms. The van der Waals surface area contributed by atoms with Crippen molar-refractivity contribution < 1.29 is 23.1 Å². The van der Waals surface area contributed by atoms with Gasteiger partial charge in [-0.2, -0.15) is 0 Å². The van der Waals surface area contributed by atoms with Crippen LogP contribution < -0.4 is 9.80 Å². The third-order valence-corrected chi connectivity index (χ3v) is 5.24.